The van der Waals surface area contributed by atoms with Crippen LogP contribution >= 0.6 is 0 Å². The Morgan fingerprint density at radius 3 is 2.17 bits per heavy atom. The third-order valence-corrected chi connectivity index (χ3v) is 3.16. The summed E-state index contributed by atoms with van der Waals surface area (Å²) in [7, 11) is 0. The van der Waals surface area contributed by atoms with E-state index in [0.717, 1.165) is 6.08 Å². The van der Waals surface area contributed by atoms with E-state index in [2.05, 4.69) is 0 Å². The smallest absolute Gasteiger partial charge is 0.328 e. The van der Waals surface area contributed by atoms with Crippen molar-refractivity contribution in [1.29, 1.82) is 0 Å². The van der Waals surface area contributed by atoms with E-state index in [4.69, 9.17) is 5.11 Å². The number of nitro groups is 1. The maximum Gasteiger partial charge on any atom is 0.328 e. The Morgan fingerprint density at radius 1 is 1.04 bits per heavy atom. The van der Waals surface area contributed by atoms with Gasteiger partial charge in [-0.2, -0.15) is 0 Å². The second kappa shape index (κ2) is 7.13. The van der Waals surface area contributed by atoms with Crippen LogP contribution in [-0.2, 0) is 11.2 Å². The van der Waals surface area contributed by atoms with Gasteiger partial charge in [-0.3, -0.25) is 14.9 Å². The monoisotopic (exact) mass is 311 g/mol. The lowest BCUT2D eigenvalue weighted by Gasteiger charge is -2.02. The minimum absolute atomic E-state index is 0.0178. The summed E-state index contributed by atoms with van der Waals surface area (Å²) in [5, 5.41) is 19.1. The Hall–Kier alpha value is -3.28. The molecule has 0 bridgehead atoms. The second-order valence-electron chi connectivity index (χ2n) is 4.82. The minimum atomic E-state index is -1.04. The number of hydrogen-bond acceptors (Lipinski definition) is 4. The fourth-order valence-corrected chi connectivity index (χ4v) is 1.97. The van der Waals surface area contributed by atoms with Crippen molar-refractivity contribution in [3.8, 4) is 0 Å². The number of hydrogen-bond donors (Lipinski definition) is 1. The minimum Gasteiger partial charge on any atom is -0.478 e. The Kier molecular flexibility index (Phi) is 4.99. The van der Waals surface area contributed by atoms with E-state index < -0.39 is 10.9 Å². The molecule has 6 heteroatoms. The molecule has 0 heterocycles. The first-order valence-electron chi connectivity index (χ1n) is 6.73. The fourth-order valence-electron chi connectivity index (χ4n) is 1.97. The van der Waals surface area contributed by atoms with E-state index in [0.29, 0.717) is 16.7 Å². The number of non-ortho nitro benzene ring substituents is 1. The number of nitro benzene ring substituents is 1. The standard InChI is InChI=1S/C17H13NO5/c19-16(11-13-3-8-15(9-4-13)18(22)23)14-6-1-12(2-7-14)5-10-17(20)21/h1-10H,11H2,(H,20,21)/b10-5+. The van der Waals surface area contributed by atoms with Crippen LogP contribution in [0.3, 0.4) is 0 Å². The van der Waals surface area contributed by atoms with E-state index in [1.807, 2.05) is 0 Å². The van der Waals surface area contributed by atoms with Gasteiger partial charge in [0.2, 0.25) is 0 Å². The first-order valence-corrected chi connectivity index (χ1v) is 6.73. The third-order valence-electron chi connectivity index (χ3n) is 3.16. The molecule has 0 unspecified atom stereocenters. The molecular formula is C17H13NO5. The average molecular weight is 311 g/mol. The van der Waals surface area contributed by atoms with Crippen molar-refractivity contribution >= 4 is 23.5 Å². The molecule has 0 fully saturated rings. The quantitative estimate of drug-likeness (QED) is 0.382. The molecule has 0 aliphatic carbocycles. The van der Waals surface area contributed by atoms with E-state index >= 15 is 0 Å². The van der Waals surface area contributed by atoms with Crippen LogP contribution in [0.2, 0.25) is 0 Å². The zero-order chi connectivity index (χ0) is 16.8. The van der Waals surface area contributed by atoms with Gasteiger partial charge < -0.3 is 5.11 Å². The van der Waals surface area contributed by atoms with Crippen molar-refractivity contribution in [2.24, 2.45) is 0 Å². The molecule has 0 amide bonds. The summed E-state index contributed by atoms with van der Waals surface area (Å²) in [6, 6.07) is 12.4. The Balaban J connectivity index is 2.05. The van der Waals surface area contributed by atoms with Gasteiger partial charge in [-0.1, -0.05) is 36.4 Å². The van der Waals surface area contributed by atoms with Crippen molar-refractivity contribution < 1.29 is 19.6 Å². The van der Waals surface area contributed by atoms with Gasteiger partial charge in [0, 0.05) is 30.2 Å². The molecule has 0 aliphatic heterocycles. The van der Waals surface area contributed by atoms with Gasteiger partial charge in [0.25, 0.3) is 5.69 Å². The number of Topliss-reactive ketones (excluding diaryl/α,β-unsaturated/α-hetero) is 1. The van der Waals surface area contributed by atoms with Crippen molar-refractivity contribution in [3.05, 3.63) is 81.4 Å². The molecule has 0 saturated carbocycles. The van der Waals surface area contributed by atoms with Crippen LogP contribution in [0.25, 0.3) is 6.08 Å². The number of ketones is 1. The highest BCUT2D eigenvalue weighted by atomic mass is 16.6. The Labute approximate surface area is 131 Å². The summed E-state index contributed by atoms with van der Waals surface area (Å²) in [5.74, 6) is -1.16. The van der Waals surface area contributed by atoms with Crippen LogP contribution in [0.1, 0.15) is 21.5 Å². The molecule has 23 heavy (non-hydrogen) atoms. The molecule has 0 radical (unpaired) electrons. The van der Waals surface area contributed by atoms with Gasteiger partial charge in [-0.15, -0.1) is 0 Å². The average Bonchev–Trinajstić information content (AvgIpc) is 2.54. The molecule has 116 valence electrons. The van der Waals surface area contributed by atoms with Crippen molar-refractivity contribution in [3.63, 3.8) is 0 Å². The number of benzene rings is 2. The number of carboxylic acid groups (broad SMARTS) is 1. The zero-order valence-corrected chi connectivity index (χ0v) is 12.0. The molecule has 2 aromatic rings. The van der Waals surface area contributed by atoms with Crippen molar-refractivity contribution in [2.75, 3.05) is 0 Å². The number of carboxylic acids is 1. The molecule has 6 nitrogen and oxygen atoms in total. The molecule has 0 atom stereocenters. The van der Waals surface area contributed by atoms with E-state index in [-0.39, 0.29) is 17.9 Å². The highest BCUT2D eigenvalue weighted by Gasteiger charge is 2.09. The SMILES string of the molecule is O=C(O)/C=C/c1ccc(C(=O)Cc2ccc([N+](=O)[O-])cc2)cc1. The van der Waals surface area contributed by atoms with Gasteiger partial charge in [-0.25, -0.2) is 4.79 Å². The van der Waals surface area contributed by atoms with Crippen LogP contribution in [0.15, 0.2) is 54.6 Å². The van der Waals surface area contributed by atoms with Crippen molar-refractivity contribution in [2.45, 2.75) is 6.42 Å². The normalized spacial score (nSPS) is 10.6. The Bertz CT molecular complexity index is 761. The zero-order valence-electron chi connectivity index (χ0n) is 12.0. The lowest BCUT2D eigenvalue weighted by atomic mass is 10.0. The summed E-state index contributed by atoms with van der Waals surface area (Å²) in [5.41, 5.74) is 1.85. The maximum atomic E-state index is 12.2. The largest absolute Gasteiger partial charge is 0.478 e. The molecular weight excluding hydrogens is 298 g/mol. The van der Waals surface area contributed by atoms with Gasteiger partial charge in [-0.05, 0) is 17.2 Å². The lowest BCUT2D eigenvalue weighted by Crippen LogP contribution is -2.03. The van der Waals surface area contributed by atoms with Crippen LogP contribution in [0.4, 0.5) is 5.69 Å². The molecule has 2 rings (SSSR count). The Morgan fingerprint density at radius 2 is 1.65 bits per heavy atom. The highest BCUT2D eigenvalue weighted by molar-refractivity contribution is 5.97. The summed E-state index contributed by atoms with van der Waals surface area (Å²) < 4.78 is 0. The van der Waals surface area contributed by atoms with Crippen LogP contribution in [0, 0.1) is 10.1 Å². The van der Waals surface area contributed by atoms with Crippen LogP contribution in [-0.4, -0.2) is 21.8 Å². The lowest BCUT2D eigenvalue weighted by molar-refractivity contribution is -0.384. The number of aliphatic carboxylic acids is 1. The molecule has 0 spiro atoms. The highest BCUT2D eigenvalue weighted by Crippen LogP contribution is 2.14. The summed E-state index contributed by atoms with van der Waals surface area (Å²) >= 11 is 0. The van der Waals surface area contributed by atoms with Gasteiger partial charge in [0.05, 0.1) is 4.92 Å². The van der Waals surface area contributed by atoms with Gasteiger partial charge >= 0.3 is 5.97 Å². The second-order valence-corrected chi connectivity index (χ2v) is 4.82. The van der Waals surface area contributed by atoms with E-state index in [1.165, 1.54) is 18.2 Å². The third kappa shape index (κ3) is 4.60. The molecule has 0 aromatic heterocycles. The predicted octanol–water partition coefficient (Wildman–Crippen LogP) is 3.12. The first-order chi connectivity index (χ1) is 11.0. The molecule has 0 aliphatic rings. The summed E-state index contributed by atoms with van der Waals surface area (Å²) in [4.78, 5) is 32.7. The maximum absolute atomic E-state index is 12.2. The molecule has 0 saturated heterocycles. The predicted molar refractivity (Wildman–Crippen MR) is 84.2 cm³/mol. The fraction of sp³-hybridized carbons (Fsp3) is 0.0588. The number of carbonyl (C=O) groups is 2. The van der Waals surface area contributed by atoms with E-state index in [1.54, 1.807) is 36.4 Å². The number of rotatable bonds is 6. The molecule has 2 aromatic carbocycles. The van der Waals surface area contributed by atoms with Gasteiger partial charge in [0.15, 0.2) is 5.78 Å². The van der Waals surface area contributed by atoms with E-state index in [9.17, 15) is 19.7 Å². The summed E-state index contributed by atoms with van der Waals surface area (Å²) in [6.45, 7) is 0. The topological polar surface area (TPSA) is 97.5 Å². The first kappa shape index (κ1) is 16.1. The van der Waals surface area contributed by atoms with Crippen molar-refractivity contribution in [1.82, 2.24) is 0 Å². The molecule has 1 N–H and O–H groups in total. The number of carbonyl (C=O) groups excluding carboxylic acids is 1. The van der Waals surface area contributed by atoms with Gasteiger partial charge in [0.1, 0.15) is 0 Å². The number of nitrogens with zero attached hydrogens (tertiary/aromatic N) is 1. The summed E-state index contributed by atoms with van der Waals surface area (Å²) in [6.07, 6.45) is 2.60. The van der Waals surface area contributed by atoms with Crippen LogP contribution in [0.5, 0.6) is 0 Å². The van der Waals surface area contributed by atoms with Crippen LogP contribution < -0.4 is 0 Å².